The average Bonchev–Trinajstić information content (AvgIpc) is 3.68. The van der Waals surface area contributed by atoms with Crippen LogP contribution in [0.15, 0.2) is 97.6 Å². The van der Waals surface area contributed by atoms with E-state index in [1.807, 2.05) is 30.3 Å². The highest BCUT2D eigenvalue weighted by molar-refractivity contribution is 7.88. The van der Waals surface area contributed by atoms with Gasteiger partial charge in [-0.15, -0.1) is 0 Å². The molecule has 0 fully saturated rings. The van der Waals surface area contributed by atoms with E-state index in [9.17, 15) is 17.6 Å². The van der Waals surface area contributed by atoms with Crippen LogP contribution in [-0.4, -0.2) is 50.7 Å². The fraction of sp³-hybridized carbons (Fsp3) is 0.0606. The van der Waals surface area contributed by atoms with Crippen LogP contribution < -0.4 is 10.0 Å². The molecule has 1 amide bonds. The lowest BCUT2D eigenvalue weighted by Crippen LogP contribution is -2.21. The summed E-state index contributed by atoms with van der Waals surface area (Å²) < 4.78 is 40.2. The fourth-order valence-electron chi connectivity index (χ4n) is 5.24. The second kappa shape index (κ2) is 11.6. The first-order valence-electron chi connectivity index (χ1n) is 14.1. The van der Waals surface area contributed by atoms with Gasteiger partial charge in [-0.25, -0.2) is 22.5 Å². The van der Waals surface area contributed by atoms with Gasteiger partial charge < -0.3 is 10.3 Å². The number of carbonyl (C=O) groups is 1. The molecule has 7 rings (SSSR count). The highest BCUT2D eigenvalue weighted by atomic mass is 32.2. The Balaban J connectivity index is 1.22. The van der Waals surface area contributed by atoms with Gasteiger partial charge in [0, 0.05) is 63.7 Å². The van der Waals surface area contributed by atoms with Crippen molar-refractivity contribution in [3.05, 3.63) is 115 Å². The predicted molar refractivity (Wildman–Crippen MR) is 174 cm³/mol. The lowest BCUT2D eigenvalue weighted by atomic mass is 10.0. The number of aromatic nitrogens is 6. The minimum Gasteiger partial charge on any atom is -0.353 e. The number of rotatable bonds is 8. The average molecular weight is 633 g/mol. The third-order valence-electron chi connectivity index (χ3n) is 7.35. The first kappa shape index (κ1) is 29.0. The van der Waals surface area contributed by atoms with Crippen LogP contribution in [0, 0.1) is 5.82 Å². The van der Waals surface area contributed by atoms with Gasteiger partial charge in [0.2, 0.25) is 10.0 Å². The Labute approximate surface area is 262 Å². The standard InChI is InChI=1S/C33H25FN8O3S/c1-46(44,45)38-15-19-9-21(11-24(34)10-19)30-26-14-29(40-28(26)7-8-36-30)31-27-13-23(17-37-32(27)42-41-31)22-12-25(18-35-16-22)39-33(43)20-5-3-2-4-6-20/h2-14,16-18,38,40H,15H2,1H3,(H,39,43)(H,37,41,42). The Kier molecular flexibility index (Phi) is 7.31. The normalized spacial score (nSPS) is 11.7. The largest absolute Gasteiger partial charge is 0.353 e. The molecular weight excluding hydrogens is 607 g/mol. The number of H-pyrrole nitrogens is 2. The smallest absolute Gasteiger partial charge is 0.255 e. The summed E-state index contributed by atoms with van der Waals surface area (Å²) in [5, 5.41) is 11.9. The minimum atomic E-state index is -3.45. The Hall–Kier alpha value is -5.79. The maximum Gasteiger partial charge on any atom is 0.255 e. The number of sulfonamides is 1. The van der Waals surface area contributed by atoms with Crippen LogP contribution in [0.3, 0.4) is 0 Å². The molecule has 228 valence electrons. The summed E-state index contributed by atoms with van der Waals surface area (Å²) in [7, 11) is -3.45. The van der Waals surface area contributed by atoms with Gasteiger partial charge in [-0.1, -0.05) is 18.2 Å². The van der Waals surface area contributed by atoms with Crippen LogP contribution in [0.5, 0.6) is 0 Å². The molecule has 2 aromatic carbocycles. The van der Waals surface area contributed by atoms with Crippen LogP contribution in [0.2, 0.25) is 0 Å². The number of hydrogen-bond acceptors (Lipinski definition) is 7. The molecule has 5 heterocycles. The number of anilines is 1. The summed E-state index contributed by atoms with van der Waals surface area (Å²) in [6, 6.07) is 20.8. The van der Waals surface area contributed by atoms with Crippen molar-refractivity contribution >= 4 is 43.6 Å². The summed E-state index contributed by atoms with van der Waals surface area (Å²) >= 11 is 0. The Morgan fingerprint density at radius 2 is 1.70 bits per heavy atom. The molecule has 0 unspecified atom stereocenters. The van der Waals surface area contributed by atoms with E-state index in [1.54, 1.807) is 55.1 Å². The Morgan fingerprint density at radius 1 is 0.870 bits per heavy atom. The number of nitrogens with zero attached hydrogens (tertiary/aromatic N) is 4. The lowest BCUT2D eigenvalue weighted by molar-refractivity contribution is 0.102. The monoisotopic (exact) mass is 632 g/mol. The zero-order valence-electron chi connectivity index (χ0n) is 24.2. The van der Waals surface area contributed by atoms with E-state index in [0.717, 1.165) is 33.7 Å². The van der Waals surface area contributed by atoms with Crippen molar-refractivity contribution in [2.75, 3.05) is 11.6 Å². The minimum absolute atomic E-state index is 0.0512. The summed E-state index contributed by atoms with van der Waals surface area (Å²) in [6.07, 6.45) is 7.65. The maximum atomic E-state index is 14.6. The van der Waals surface area contributed by atoms with Gasteiger partial charge in [0.05, 0.1) is 29.5 Å². The molecule has 0 saturated carbocycles. The fourth-order valence-corrected chi connectivity index (χ4v) is 5.67. The predicted octanol–water partition coefficient (Wildman–Crippen LogP) is 5.67. The highest BCUT2D eigenvalue weighted by Crippen LogP contribution is 2.34. The molecule has 4 N–H and O–H groups in total. The van der Waals surface area contributed by atoms with Crippen LogP contribution in [-0.2, 0) is 16.6 Å². The van der Waals surface area contributed by atoms with Gasteiger partial charge in [-0.2, -0.15) is 5.10 Å². The van der Waals surface area contributed by atoms with Gasteiger partial charge in [-0.3, -0.25) is 19.9 Å². The van der Waals surface area contributed by atoms with Gasteiger partial charge >= 0.3 is 0 Å². The number of carbonyl (C=O) groups excluding carboxylic acids is 1. The van der Waals surface area contributed by atoms with E-state index >= 15 is 0 Å². The van der Waals surface area contributed by atoms with E-state index in [0.29, 0.717) is 45.1 Å². The van der Waals surface area contributed by atoms with Crippen LogP contribution in [0.25, 0.3) is 55.7 Å². The van der Waals surface area contributed by atoms with E-state index in [-0.39, 0.29) is 12.5 Å². The van der Waals surface area contributed by atoms with Gasteiger partial charge in [0.1, 0.15) is 11.5 Å². The van der Waals surface area contributed by atoms with E-state index in [2.05, 4.69) is 40.2 Å². The van der Waals surface area contributed by atoms with Gasteiger partial charge in [0.25, 0.3) is 5.91 Å². The molecule has 0 bridgehead atoms. The number of nitrogens with one attached hydrogen (secondary N) is 4. The molecule has 7 aromatic rings. The molecule has 0 atom stereocenters. The number of halogens is 1. The number of aromatic amines is 2. The first-order valence-corrected chi connectivity index (χ1v) is 16.0. The number of pyridine rings is 3. The van der Waals surface area contributed by atoms with Crippen LogP contribution in [0.4, 0.5) is 10.1 Å². The number of fused-ring (bicyclic) bond motifs is 2. The summed E-state index contributed by atoms with van der Waals surface area (Å²) in [5.74, 6) is -0.745. The lowest BCUT2D eigenvalue weighted by Gasteiger charge is -2.08. The van der Waals surface area contributed by atoms with Crippen molar-refractivity contribution in [3.8, 4) is 33.8 Å². The van der Waals surface area contributed by atoms with Crippen molar-refractivity contribution in [1.29, 1.82) is 0 Å². The van der Waals surface area contributed by atoms with Crippen molar-refractivity contribution in [2.45, 2.75) is 6.54 Å². The molecule has 11 nitrogen and oxygen atoms in total. The van der Waals surface area contributed by atoms with Crippen LogP contribution in [0.1, 0.15) is 15.9 Å². The number of amides is 1. The topological polar surface area (TPSA) is 158 Å². The molecule has 0 saturated heterocycles. The van der Waals surface area contributed by atoms with Crippen LogP contribution >= 0.6 is 0 Å². The molecule has 0 spiro atoms. The number of benzene rings is 2. The van der Waals surface area contributed by atoms with Crippen molar-refractivity contribution < 1.29 is 17.6 Å². The maximum absolute atomic E-state index is 14.6. The van der Waals surface area contributed by atoms with E-state index in [1.165, 1.54) is 12.1 Å². The highest BCUT2D eigenvalue weighted by Gasteiger charge is 2.17. The third-order valence-corrected chi connectivity index (χ3v) is 8.02. The van der Waals surface area contributed by atoms with E-state index < -0.39 is 15.8 Å². The second-order valence-corrected chi connectivity index (χ2v) is 12.6. The summed E-state index contributed by atoms with van der Waals surface area (Å²) in [5.41, 5.74) is 6.73. The zero-order valence-corrected chi connectivity index (χ0v) is 25.1. The third kappa shape index (κ3) is 5.96. The molecule has 0 aliphatic rings. The molecule has 0 aliphatic heterocycles. The van der Waals surface area contributed by atoms with Gasteiger partial charge in [0.15, 0.2) is 5.65 Å². The summed E-state index contributed by atoms with van der Waals surface area (Å²) in [4.78, 5) is 29.5. The van der Waals surface area contributed by atoms with Crippen molar-refractivity contribution in [2.24, 2.45) is 0 Å². The Bertz CT molecular complexity index is 2370. The SMILES string of the molecule is CS(=O)(=O)NCc1cc(F)cc(-c2nccc3[nH]c(-c4n[nH]c5ncc(-c6cncc(NC(=O)c7ccccc7)c6)cc45)cc23)c1. The first-order chi connectivity index (χ1) is 22.2. The number of hydrogen-bond donors (Lipinski definition) is 4. The molecular formula is C33H25FN8O3S. The molecule has 13 heteroatoms. The van der Waals surface area contributed by atoms with Crippen molar-refractivity contribution in [3.63, 3.8) is 0 Å². The van der Waals surface area contributed by atoms with E-state index in [4.69, 9.17) is 0 Å². The summed E-state index contributed by atoms with van der Waals surface area (Å²) in [6.45, 7) is -0.0512. The Morgan fingerprint density at radius 3 is 2.52 bits per heavy atom. The molecule has 0 aliphatic carbocycles. The molecule has 0 radical (unpaired) electrons. The quantitative estimate of drug-likeness (QED) is 0.168. The zero-order chi connectivity index (χ0) is 31.8. The second-order valence-electron chi connectivity index (χ2n) is 10.7. The molecule has 5 aromatic heterocycles. The molecule has 46 heavy (non-hydrogen) atoms. The van der Waals surface area contributed by atoms with Gasteiger partial charge in [-0.05, 0) is 60.2 Å². The van der Waals surface area contributed by atoms with Crippen molar-refractivity contribution in [1.82, 2.24) is 34.9 Å².